The number of rotatable bonds is 10. The highest BCUT2D eigenvalue weighted by atomic mass is 35.5. The number of hydrogen-bond acceptors (Lipinski definition) is 4. The van der Waals surface area contributed by atoms with Gasteiger partial charge in [0.15, 0.2) is 0 Å². The zero-order chi connectivity index (χ0) is 14.6. The van der Waals surface area contributed by atoms with Gasteiger partial charge in [-0.3, -0.25) is 0 Å². The summed E-state index contributed by atoms with van der Waals surface area (Å²) in [6.45, 7) is 1.70. The summed E-state index contributed by atoms with van der Waals surface area (Å²) in [4.78, 5) is 5.21. The van der Waals surface area contributed by atoms with E-state index in [9.17, 15) is 0 Å². The van der Waals surface area contributed by atoms with Crippen molar-refractivity contribution in [2.45, 2.75) is 25.7 Å². The van der Waals surface area contributed by atoms with Gasteiger partial charge in [0, 0.05) is 25.3 Å². The Morgan fingerprint density at radius 2 is 1.90 bits per heavy atom. The van der Waals surface area contributed by atoms with Gasteiger partial charge in [-0.15, -0.1) is 0 Å². The van der Waals surface area contributed by atoms with Crippen molar-refractivity contribution >= 4 is 17.3 Å². The fourth-order valence-corrected chi connectivity index (χ4v) is 1.90. The molecule has 0 heterocycles. The van der Waals surface area contributed by atoms with Gasteiger partial charge in [0.2, 0.25) is 0 Å². The van der Waals surface area contributed by atoms with Gasteiger partial charge in [-0.05, 0) is 37.0 Å². The Morgan fingerprint density at radius 3 is 2.55 bits per heavy atom. The van der Waals surface area contributed by atoms with E-state index < -0.39 is 0 Å². The van der Waals surface area contributed by atoms with Crippen LogP contribution in [-0.2, 0) is 9.57 Å². The molecular formula is C15H23ClN2O2. The molecule has 0 unspecified atom stereocenters. The number of unbranched alkanes of at least 4 members (excludes halogenated alkanes) is 2. The van der Waals surface area contributed by atoms with Gasteiger partial charge >= 0.3 is 0 Å². The second kappa shape index (κ2) is 10.7. The summed E-state index contributed by atoms with van der Waals surface area (Å²) in [6.07, 6.45) is 4.10. The summed E-state index contributed by atoms with van der Waals surface area (Å²) in [5, 5.41) is 4.91. The molecule has 0 aliphatic heterocycles. The van der Waals surface area contributed by atoms with E-state index in [0.717, 1.165) is 48.6 Å². The molecule has 0 radical (unpaired) electrons. The van der Waals surface area contributed by atoms with Crippen LogP contribution >= 0.6 is 11.6 Å². The molecule has 2 N–H and O–H groups in total. The summed E-state index contributed by atoms with van der Waals surface area (Å²) < 4.78 is 5.04. The van der Waals surface area contributed by atoms with Crippen molar-refractivity contribution in [2.75, 3.05) is 26.9 Å². The first kappa shape index (κ1) is 17.0. The van der Waals surface area contributed by atoms with Crippen molar-refractivity contribution in [3.05, 3.63) is 34.9 Å². The standard InChI is InChI=1S/C15H23ClN2O2/c1-19-11-4-2-3-5-15(18-20-12-10-17)13-6-8-14(16)9-7-13/h6-9H,2-5,10-12,17H2,1H3. The first-order valence-electron chi connectivity index (χ1n) is 6.91. The van der Waals surface area contributed by atoms with E-state index >= 15 is 0 Å². The Bertz CT molecular complexity index is 393. The number of nitrogens with zero attached hydrogens (tertiary/aromatic N) is 1. The Hall–Kier alpha value is -1.10. The molecule has 0 spiro atoms. The highest BCUT2D eigenvalue weighted by molar-refractivity contribution is 6.30. The predicted molar refractivity (Wildman–Crippen MR) is 83.3 cm³/mol. The average Bonchev–Trinajstić information content (AvgIpc) is 2.46. The zero-order valence-corrected chi connectivity index (χ0v) is 12.7. The lowest BCUT2D eigenvalue weighted by atomic mass is 10.0. The number of benzene rings is 1. The Labute approximate surface area is 125 Å². The molecule has 20 heavy (non-hydrogen) atoms. The van der Waals surface area contributed by atoms with Crippen LogP contribution in [0, 0.1) is 0 Å². The van der Waals surface area contributed by atoms with Gasteiger partial charge < -0.3 is 15.3 Å². The SMILES string of the molecule is COCCCCCC(=NOCCN)c1ccc(Cl)cc1. The number of nitrogens with two attached hydrogens (primary N) is 1. The lowest BCUT2D eigenvalue weighted by Gasteiger charge is -2.07. The molecule has 1 aromatic carbocycles. The maximum absolute atomic E-state index is 5.90. The van der Waals surface area contributed by atoms with E-state index in [2.05, 4.69) is 5.16 Å². The molecule has 0 saturated carbocycles. The summed E-state index contributed by atoms with van der Waals surface area (Å²) >= 11 is 5.90. The number of ether oxygens (including phenoxy) is 1. The highest BCUT2D eigenvalue weighted by Crippen LogP contribution is 2.14. The van der Waals surface area contributed by atoms with Crippen molar-refractivity contribution < 1.29 is 9.57 Å². The van der Waals surface area contributed by atoms with Crippen molar-refractivity contribution in [2.24, 2.45) is 10.9 Å². The van der Waals surface area contributed by atoms with Gasteiger partial charge in [-0.1, -0.05) is 35.3 Å². The third kappa shape index (κ3) is 6.89. The van der Waals surface area contributed by atoms with Crippen LogP contribution in [0.5, 0.6) is 0 Å². The minimum absolute atomic E-state index is 0.431. The Morgan fingerprint density at radius 1 is 1.15 bits per heavy atom. The molecule has 0 amide bonds. The summed E-state index contributed by atoms with van der Waals surface area (Å²) in [7, 11) is 1.72. The first-order chi connectivity index (χ1) is 9.77. The molecule has 0 saturated heterocycles. The van der Waals surface area contributed by atoms with Crippen molar-refractivity contribution in [1.29, 1.82) is 0 Å². The van der Waals surface area contributed by atoms with E-state index in [4.69, 9.17) is 26.9 Å². The van der Waals surface area contributed by atoms with Crippen LogP contribution in [-0.4, -0.2) is 32.6 Å². The van der Waals surface area contributed by atoms with Crippen molar-refractivity contribution in [1.82, 2.24) is 0 Å². The molecule has 0 aromatic heterocycles. The molecule has 0 bridgehead atoms. The topological polar surface area (TPSA) is 56.8 Å². The average molecular weight is 299 g/mol. The van der Waals surface area contributed by atoms with E-state index in [1.165, 1.54) is 0 Å². The van der Waals surface area contributed by atoms with Gasteiger partial charge in [-0.2, -0.15) is 0 Å². The minimum Gasteiger partial charge on any atom is -0.394 e. The van der Waals surface area contributed by atoms with Gasteiger partial charge in [0.1, 0.15) is 6.61 Å². The van der Waals surface area contributed by atoms with Crippen LogP contribution in [0.25, 0.3) is 0 Å². The third-order valence-electron chi connectivity index (χ3n) is 2.82. The van der Waals surface area contributed by atoms with E-state index in [1.54, 1.807) is 7.11 Å². The maximum atomic E-state index is 5.90. The number of oxime groups is 1. The lowest BCUT2D eigenvalue weighted by molar-refractivity contribution is 0.151. The van der Waals surface area contributed by atoms with Crippen LogP contribution in [0.3, 0.4) is 0 Å². The smallest absolute Gasteiger partial charge is 0.129 e. The molecular weight excluding hydrogens is 276 g/mol. The van der Waals surface area contributed by atoms with Crippen LogP contribution < -0.4 is 5.73 Å². The molecule has 0 atom stereocenters. The summed E-state index contributed by atoms with van der Waals surface area (Å²) in [5.74, 6) is 0. The number of methoxy groups -OCH3 is 1. The molecule has 112 valence electrons. The molecule has 4 nitrogen and oxygen atoms in total. The van der Waals surface area contributed by atoms with Crippen LogP contribution in [0.1, 0.15) is 31.2 Å². The second-order valence-corrected chi connectivity index (χ2v) is 4.91. The first-order valence-corrected chi connectivity index (χ1v) is 7.29. The van der Waals surface area contributed by atoms with E-state index in [1.807, 2.05) is 24.3 Å². The lowest BCUT2D eigenvalue weighted by Crippen LogP contribution is -2.08. The van der Waals surface area contributed by atoms with Gasteiger partial charge in [-0.25, -0.2) is 0 Å². The summed E-state index contributed by atoms with van der Waals surface area (Å²) in [5.41, 5.74) is 7.38. The van der Waals surface area contributed by atoms with Gasteiger partial charge in [0.05, 0.1) is 5.71 Å². The second-order valence-electron chi connectivity index (χ2n) is 4.47. The molecule has 0 aliphatic carbocycles. The van der Waals surface area contributed by atoms with Crippen molar-refractivity contribution in [3.8, 4) is 0 Å². The minimum atomic E-state index is 0.431. The Kier molecular flexibility index (Phi) is 9.04. The third-order valence-corrected chi connectivity index (χ3v) is 3.08. The quantitative estimate of drug-likeness (QED) is 0.410. The fourth-order valence-electron chi connectivity index (χ4n) is 1.78. The molecule has 0 fully saturated rings. The summed E-state index contributed by atoms with van der Waals surface area (Å²) in [6, 6.07) is 7.64. The van der Waals surface area contributed by atoms with Crippen LogP contribution in [0.4, 0.5) is 0 Å². The predicted octanol–water partition coefficient (Wildman–Crippen LogP) is 3.23. The number of hydrogen-bond donors (Lipinski definition) is 1. The molecule has 0 aliphatic rings. The van der Waals surface area contributed by atoms with Gasteiger partial charge in [0.25, 0.3) is 0 Å². The zero-order valence-electron chi connectivity index (χ0n) is 12.0. The maximum Gasteiger partial charge on any atom is 0.129 e. The molecule has 1 rings (SSSR count). The molecule has 5 heteroatoms. The van der Waals surface area contributed by atoms with Crippen molar-refractivity contribution in [3.63, 3.8) is 0 Å². The highest BCUT2D eigenvalue weighted by Gasteiger charge is 2.05. The number of halogens is 1. The normalized spacial score (nSPS) is 11.7. The van der Waals surface area contributed by atoms with Crippen LogP contribution in [0.15, 0.2) is 29.4 Å². The van der Waals surface area contributed by atoms with Crippen LogP contribution in [0.2, 0.25) is 5.02 Å². The van der Waals surface area contributed by atoms with E-state index in [0.29, 0.717) is 13.2 Å². The fraction of sp³-hybridized carbons (Fsp3) is 0.533. The molecule has 1 aromatic rings. The Balaban J connectivity index is 2.56. The monoisotopic (exact) mass is 298 g/mol. The van der Waals surface area contributed by atoms with E-state index in [-0.39, 0.29) is 0 Å². The largest absolute Gasteiger partial charge is 0.394 e.